The molecule has 0 bridgehead atoms. The lowest BCUT2D eigenvalue weighted by atomic mass is 9.95. The van der Waals surface area contributed by atoms with Crippen LogP contribution in [0.15, 0.2) is 65.8 Å². The molecule has 1 aromatic heterocycles. The first kappa shape index (κ1) is 26.5. The zero-order valence-corrected chi connectivity index (χ0v) is 20.3. The van der Waals surface area contributed by atoms with Crippen molar-refractivity contribution in [2.75, 3.05) is 13.3 Å². The molecule has 3 aromatic carbocycles. The minimum absolute atomic E-state index is 0.00841. The molecule has 0 saturated heterocycles. The first-order chi connectivity index (χ1) is 17.4. The number of benzene rings is 3. The average molecular weight is 536 g/mol. The van der Waals surface area contributed by atoms with Crippen molar-refractivity contribution in [3.8, 4) is 11.3 Å². The number of aromatic nitrogens is 2. The number of amides is 1. The second-order valence-corrected chi connectivity index (χ2v) is 8.85. The maximum atomic E-state index is 13.4. The second-order valence-electron chi connectivity index (χ2n) is 8.08. The molecule has 4 nitrogen and oxygen atoms in total. The van der Waals surface area contributed by atoms with E-state index in [0.29, 0.717) is 17.7 Å². The highest BCUT2D eigenvalue weighted by atomic mass is 32.2. The van der Waals surface area contributed by atoms with Gasteiger partial charge in [0.05, 0.1) is 28.1 Å². The van der Waals surface area contributed by atoms with Crippen molar-refractivity contribution in [2.24, 2.45) is 0 Å². The standard InChI is InChI=1S/C26H19F6N3OS/c1-33-23(36)21-20(12-14-10-16(25(27,28)29)13-17(11-14)26(30,31)32)34-24(37-2)35-22(21)19-9-5-7-15-6-3-4-8-18(15)19/h3-11,13H,12H2,1-2H3,(H,33,36). The molecule has 1 heterocycles. The number of hydrogen-bond acceptors (Lipinski definition) is 4. The van der Waals surface area contributed by atoms with Crippen LogP contribution in [-0.4, -0.2) is 29.2 Å². The molecule has 0 fully saturated rings. The minimum atomic E-state index is -5.00. The van der Waals surface area contributed by atoms with E-state index in [0.717, 1.165) is 22.5 Å². The van der Waals surface area contributed by atoms with Crippen molar-refractivity contribution < 1.29 is 31.1 Å². The van der Waals surface area contributed by atoms with Crippen LogP contribution in [0, 0.1) is 0 Å². The lowest BCUT2D eigenvalue weighted by Gasteiger charge is -2.17. The summed E-state index contributed by atoms with van der Waals surface area (Å²) in [5.74, 6) is -0.617. The molecule has 0 spiro atoms. The fourth-order valence-electron chi connectivity index (χ4n) is 4.01. The van der Waals surface area contributed by atoms with Crippen LogP contribution in [0.25, 0.3) is 22.0 Å². The van der Waals surface area contributed by atoms with Crippen molar-refractivity contribution in [3.05, 3.63) is 88.6 Å². The first-order valence-corrected chi connectivity index (χ1v) is 12.1. The topological polar surface area (TPSA) is 54.9 Å². The average Bonchev–Trinajstić information content (AvgIpc) is 2.86. The third kappa shape index (κ3) is 5.56. The number of hydrogen-bond donors (Lipinski definition) is 1. The van der Waals surface area contributed by atoms with E-state index in [1.807, 2.05) is 30.3 Å². The van der Waals surface area contributed by atoms with Gasteiger partial charge in [0.25, 0.3) is 5.91 Å². The van der Waals surface area contributed by atoms with E-state index in [-0.39, 0.29) is 33.7 Å². The van der Waals surface area contributed by atoms with E-state index in [1.165, 1.54) is 7.05 Å². The predicted octanol–water partition coefficient (Wildman–Crippen LogP) is 7.01. The van der Waals surface area contributed by atoms with Gasteiger partial charge < -0.3 is 5.32 Å². The molecule has 192 valence electrons. The largest absolute Gasteiger partial charge is 0.416 e. The molecule has 11 heteroatoms. The van der Waals surface area contributed by atoms with Crippen LogP contribution in [-0.2, 0) is 18.8 Å². The van der Waals surface area contributed by atoms with Crippen LogP contribution in [0.3, 0.4) is 0 Å². The maximum absolute atomic E-state index is 13.4. The van der Waals surface area contributed by atoms with E-state index < -0.39 is 35.8 Å². The SMILES string of the molecule is CNC(=O)c1c(Cc2cc(C(F)(F)F)cc(C(F)(F)F)c2)nc(SC)nc1-c1cccc2ccccc12. The minimum Gasteiger partial charge on any atom is -0.355 e. The molecular formula is C26H19F6N3OS. The predicted molar refractivity (Wildman–Crippen MR) is 129 cm³/mol. The van der Waals surface area contributed by atoms with Gasteiger partial charge in [0.15, 0.2) is 5.16 Å². The Hall–Kier alpha value is -3.60. The lowest BCUT2D eigenvalue weighted by molar-refractivity contribution is -0.143. The number of alkyl halides is 6. The number of halogens is 6. The Kier molecular flexibility index (Phi) is 7.18. The highest BCUT2D eigenvalue weighted by Gasteiger charge is 2.37. The normalized spacial score (nSPS) is 12.1. The number of nitrogens with one attached hydrogen (secondary N) is 1. The zero-order valence-electron chi connectivity index (χ0n) is 19.5. The van der Waals surface area contributed by atoms with E-state index in [4.69, 9.17) is 0 Å². The number of rotatable bonds is 5. The van der Waals surface area contributed by atoms with Crippen molar-refractivity contribution in [1.29, 1.82) is 0 Å². The molecular weight excluding hydrogens is 516 g/mol. The van der Waals surface area contributed by atoms with Gasteiger partial charge in [-0.15, -0.1) is 0 Å². The smallest absolute Gasteiger partial charge is 0.355 e. The molecule has 1 N–H and O–H groups in total. The van der Waals surface area contributed by atoms with Crippen LogP contribution in [0.5, 0.6) is 0 Å². The van der Waals surface area contributed by atoms with Gasteiger partial charge in [-0.2, -0.15) is 26.3 Å². The monoisotopic (exact) mass is 535 g/mol. The summed E-state index contributed by atoms with van der Waals surface area (Å²) < 4.78 is 80.6. The lowest BCUT2D eigenvalue weighted by Crippen LogP contribution is -2.23. The summed E-state index contributed by atoms with van der Waals surface area (Å²) in [5.41, 5.74) is -2.37. The van der Waals surface area contributed by atoms with Crippen molar-refractivity contribution >= 4 is 28.4 Å². The van der Waals surface area contributed by atoms with E-state index >= 15 is 0 Å². The third-order valence-corrected chi connectivity index (χ3v) is 6.21. The molecule has 0 atom stereocenters. The Bertz CT molecular complexity index is 1450. The summed E-state index contributed by atoms with van der Waals surface area (Å²) in [7, 11) is 1.37. The second kappa shape index (κ2) is 10.0. The maximum Gasteiger partial charge on any atom is 0.416 e. The number of fused-ring (bicyclic) bond motifs is 1. The van der Waals surface area contributed by atoms with Gasteiger partial charge in [-0.1, -0.05) is 54.2 Å². The molecule has 4 aromatic rings. The van der Waals surface area contributed by atoms with Gasteiger partial charge in [-0.25, -0.2) is 9.97 Å². The number of nitrogens with zero attached hydrogens (tertiary/aromatic N) is 2. The van der Waals surface area contributed by atoms with Gasteiger partial charge in [0.1, 0.15) is 0 Å². The number of carbonyl (C=O) groups is 1. The summed E-state index contributed by atoms with van der Waals surface area (Å²) in [5, 5.41) is 4.34. The first-order valence-electron chi connectivity index (χ1n) is 10.9. The summed E-state index contributed by atoms with van der Waals surface area (Å²) in [6, 6.07) is 14.1. The summed E-state index contributed by atoms with van der Waals surface area (Å²) >= 11 is 1.14. The molecule has 0 radical (unpaired) electrons. The fourth-order valence-corrected chi connectivity index (χ4v) is 4.39. The molecule has 0 saturated carbocycles. The molecule has 0 aliphatic carbocycles. The highest BCUT2D eigenvalue weighted by molar-refractivity contribution is 7.98. The van der Waals surface area contributed by atoms with E-state index in [2.05, 4.69) is 15.3 Å². The Morgan fingerprint density at radius 1 is 0.892 bits per heavy atom. The quantitative estimate of drug-likeness (QED) is 0.170. The Balaban J connectivity index is 1.98. The van der Waals surface area contributed by atoms with Crippen LogP contribution in [0.2, 0.25) is 0 Å². The third-order valence-electron chi connectivity index (χ3n) is 5.66. The Labute approximate surface area is 212 Å². The molecule has 0 aliphatic heterocycles. The molecule has 1 amide bonds. The van der Waals surface area contributed by atoms with Gasteiger partial charge in [0.2, 0.25) is 0 Å². The van der Waals surface area contributed by atoms with Gasteiger partial charge in [0, 0.05) is 19.0 Å². The fraction of sp³-hybridized carbons (Fsp3) is 0.192. The molecule has 0 aliphatic rings. The van der Waals surface area contributed by atoms with Crippen LogP contribution >= 0.6 is 11.8 Å². The van der Waals surface area contributed by atoms with Crippen molar-refractivity contribution in [2.45, 2.75) is 23.9 Å². The number of thioether (sulfide) groups is 1. The van der Waals surface area contributed by atoms with E-state index in [1.54, 1.807) is 18.4 Å². The summed E-state index contributed by atoms with van der Waals surface area (Å²) in [6.07, 6.45) is -8.77. The van der Waals surface area contributed by atoms with Gasteiger partial charge >= 0.3 is 12.4 Å². The zero-order chi connectivity index (χ0) is 27.0. The van der Waals surface area contributed by atoms with Crippen LogP contribution < -0.4 is 5.32 Å². The molecule has 4 rings (SSSR count). The van der Waals surface area contributed by atoms with Gasteiger partial charge in [-0.3, -0.25) is 4.79 Å². The van der Waals surface area contributed by atoms with Crippen LogP contribution in [0.4, 0.5) is 26.3 Å². The Morgan fingerprint density at radius 3 is 2.11 bits per heavy atom. The molecule has 0 unspecified atom stereocenters. The summed E-state index contributed by atoms with van der Waals surface area (Å²) in [4.78, 5) is 21.9. The number of carbonyl (C=O) groups excluding carboxylic acids is 1. The Morgan fingerprint density at radius 2 is 1.51 bits per heavy atom. The van der Waals surface area contributed by atoms with Gasteiger partial charge in [-0.05, 0) is 40.8 Å². The molecule has 37 heavy (non-hydrogen) atoms. The summed E-state index contributed by atoms with van der Waals surface area (Å²) in [6.45, 7) is 0. The van der Waals surface area contributed by atoms with Crippen molar-refractivity contribution in [3.63, 3.8) is 0 Å². The van der Waals surface area contributed by atoms with Crippen LogP contribution in [0.1, 0.15) is 32.7 Å². The highest BCUT2D eigenvalue weighted by Crippen LogP contribution is 2.38. The van der Waals surface area contributed by atoms with E-state index in [9.17, 15) is 31.1 Å². The van der Waals surface area contributed by atoms with Crippen molar-refractivity contribution in [1.82, 2.24) is 15.3 Å².